The lowest BCUT2D eigenvalue weighted by molar-refractivity contribution is 0.1000. The lowest BCUT2D eigenvalue weighted by Gasteiger charge is -2.56. The smallest absolute Gasteiger partial charge is 0.0132 e. The Bertz CT molecular complexity index is 777. The molecule has 0 heteroatoms. The van der Waals surface area contributed by atoms with Crippen molar-refractivity contribution in [2.24, 2.45) is 35.5 Å². The molecule has 1 saturated carbocycles. The lowest BCUT2D eigenvalue weighted by atomic mass is 9.47. The molecule has 6 atom stereocenters. The SMILES string of the molecule is C1=CC2C=CC3=C4C5C(=CC=C6C=CCC(C(C1)C42)C65)C=C3. The van der Waals surface area contributed by atoms with Crippen LogP contribution in [0.1, 0.15) is 12.8 Å². The summed E-state index contributed by atoms with van der Waals surface area (Å²) in [5.74, 6) is 4.48. The first-order valence-electron chi connectivity index (χ1n) is 8.77. The molecule has 6 unspecified atom stereocenters. The van der Waals surface area contributed by atoms with Gasteiger partial charge in [-0.3, -0.25) is 0 Å². The number of allylic oxidation sites excluding steroid dienone is 14. The summed E-state index contributed by atoms with van der Waals surface area (Å²) in [6.45, 7) is 0. The zero-order chi connectivity index (χ0) is 14.3. The molecular weight excluding hydrogens is 264 g/mol. The number of hydrogen-bond donors (Lipinski definition) is 0. The van der Waals surface area contributed by atoms with Crippen molar-refractivity contribution < 1.29 is 0 Å². The van der Waals surface area contributed by atoms with E-state index in [0.29, 0.717) is 11.8 Å². The topological polar surface area (TPSA) is 0 Å². The Labute approximate surface area is 132 Å². The molecular formula is C22H20. The van der Waals surface area contributed by atoms with Crippen molar-refractivity contribution in [1.82, 2.24) is 0 Å². The Hall–Kier alpha value is -1.82. The van der Waals surface area contributed by atoms with Gasteiger partial charge < -0.3 is 0 Å². The Morgan fingerprint density at radius 2 is 1.59 bits per heavy atom. The van der Waals surface area contributed by atoms with E-state index in [-0.39, 0.29) is 0 Å². The van der Waals surface area contributed by atoms with E-state index >= 15 is 0 Å². The second-order valence-corrected chi connectivity index (χ2v) is 7.67. The maximum absolute atomic E-state index is 2.47. The first kappa shape index (κ1) is 11.7. The van der Waals surface area contributed by atoms with E-state index < -0.39 is 0 Å². The van der Waals surface area contributed by atoms with Crippen molar-refractivity contribution in [3.63, 3.8) is 0 Å². The zero-order valence-electron chi connectivity index (χ0n) is 12.7. The van der Waals surface area contributed by atoms with Crippen LogP contribution in [0.15, 0.2) is 83.1 Å². The van der Waals surface area contributed by atoms with Crippen LogP contribution in [0.25, 0.3) is 0 Å². The molecule has 0 aromatic rings. The fourth-order valence-electron chi connectivity index (χ4n) is 6.18. The third-order valence-electron chi connectivity index (χ3n) is 6.92. The van der Waals surface area contributed by atoms with Crippen LogP contribution in [0.5, 0.6) is 0 Å². The summed E-state index contributed by atoms with van der Waals surface area (Å²) >= 11 is 0. The van der Waals surface area contributed by atoms with Crippen LogP contribution < -0.4 is 0 Å². The molecule has 0 aliphatic heterocycles. The Morgan fingerprint density at radius 1 is 0.727 bits per heavy atom. The van der Waals surface area contributed by atoms with Crippen molar-refractivity contribution in [3.8, 4) is 0 Å². The summed E-state index contributed by atoms with van der Waals surface area (Å²) in [6.07, 6.45) is 26.7. The molecule has 22 heavy (non-hydrogen) atoms. The van der Waals surface area contributed by atoms with E-state index in [1.165, 1.54) is 18.4 Å². The fourth-order valence-corrected chi connectivity index (χ4v) is 6.18. The average molecular weight is 284 g/mol. The van der Waals surface area contributed by atoms with Crippen molar-refractivity contribution in [2.45, 2.75) is 12.8 Å². The van der Waals surface area contributed by atoms with Gasteiger partial charge in [0.05, 0.1) is 0 Å². The van der Waals surface area contributed by atoms with Crippen molar-refractivity contribution >= 4 is 0 Å². The molecule has 0 saturated heterocycles. The summed E-state index contributed by atoms with van der Waals surface area (Å²) < 4.78 is 0. The van der Waals surface area contributed by atoms with Gasteiger partial charge in [0.25, 0.3) is 0 Å². The van der Waals surface area contributed by atoms with Crippen LogP contribution in [0.4, 0.5) is 0 Å². The van der Waals surface area contributed by atoms with Gasteiger partial charge in [0.1, 0.15) is 0 Å². The predicted molar refractivity (Wildman–Crippen MR) is 89.9 cm³/mol. The van der Waals surface area contributed by atoms with Crippen molar-refractivity contribution in [3.05, 3.63) is 83.1 Å². The summed E-state index contributed by atoms with van der Waals surface area (Å²) in [5, 5.41) is 0. The maximum atomic E-state index is 2.47. The highest BCUT2D eigenvalue weighted by Crippen LogP contribution is 2.62. The standard InChI is InChI=1S/C22H20/c1-3-13-7-9-15-11-12-16-10-8-14-4-2-6-18-17(5-1)19(13)21(15)22(16)20(14)18/h1-4,7-13,17-20,22H,5-6H2. The summed E-state index contributed by atoms with van der Waals surface area (Å²) in [6, 6.07) is 0. The minimum Gasteiger partial charge on any atom is -0.0876 e. The Balaban J connectivity index is 1.66. The van der Waals surface area contributed by atoms with Crippen LogP contribution >= 0.6 is 0 Å². The Morgan fingerprint density at radius 3 is 2.59 bits per heavy atom. The highest BCUT2D eigenvalue weighted by molar-refractivity contribution is 5.58. The molecule has 6 rings (SSSR count). The Kier molecular flexibility index (Phi) is 2.09. The lowest BCUT2D eigenvalue weighted by Crippen LogP contribution is -2.49. The quantitative estimate of drug-likeness (QED) is 0.554. The van der Waals surface area contributed by atoms with E-state index in [2.05, 4.69) is 60.8 Å². The van der Waals surface area contributed by atoms with Crippen LogP contribution in [0.2, 0.25) is 0 Å². The van der Waals surface area contributed by atoms with E-state index in [9.17, 15) is 0 Å². The molecule has 0 heterocycles. The molecule has 0 amide bonds. The van der Waals surface area contributed by atoms with Crippen LogP contribution in [-0.2, 0) is 0 Å². The van der Waals surface area contributed by atoms with E-state index in [0.717, 1.165) is 23.7 Å². The normalized spacial score (nSPS) is 45.5. The molecule has 6 aliphatic rings. The molecule has 6 aliphatic carbocycles. The van der Waals surface area contributed by atoms with Crippen LogP contribution in [0, 0.1) is 35.5 Å². The molecule has 0 aromatic carbocycles. The highest BCUT2D eigenvalue weighted by atomic mass is 14.6. The largest absolute Gasteiger partial charge is 0.0876 e. The predicted octanol–water partition coefficient (Wildman–Crippen LogP) is 4.92. The first-order valence-corrected chi connectivity index (χ1v) is 8.77. The maximum Gasteiger partial charge on any atom is 0.0132 e. The molecule has 0 spiro atoms. The molecule has 0 radical (unpaired) electrons. The van der Waals surface area contributed by atoms with Gasteiger partial charge in [-0.15, -0.1) is 0 Å². The molecule has 108 valence electrons. The van der Waals surface area contributed by atoms with Crippen molar-refractivity contribution in [1.29, 1.82) is 0 Å². The van der Waals surface area contributed by atoms with Gasteiger partial charge in [0, 0.05) is 11.8 Å². The summed E-state index contributed by atoms with van der Waals surface area (Å²) in [5.41, 5.74) is 6.46. The molecule has 0 N–H and O–H groups in total. The molecule has 0 bridgehead atoms. The average Bonchev–Trinajstić information content (AvgIpc) is 2.59. The monoisotopic (exact) mass is 284 g/mol. The number of fused-ring (bicyclic) bond motifs is 1. The van der Waals surface area contributed by atoms with Gasteiger partial charge in [-0.05, 0) is 53.2 Å². The number of rotatable bonds is 0. The second kappa shape index (κ2) is 3.93. The fraction of sp³-hybridized carbons (Fsp3) is 0.364. The van der Waals surface area contributed by atoms with Crippen molar-refractivity contribution in [2.75, 3.05) is 0 Å². The third kappa shape index (κ3) is 1.26. The van der Waals surface area contributed by atoms with Crippen LogP contribution in [-0.4, -0.2) is 0 Å². The third-order valence-corrected chi connectivity index (χ3v) is 6.92. The van der Waals surface area contributed by atoms with Gasteiger partial charge in [0.2, 0.25) is 0 Å². The van der Waals surface area contributed by atoms with Gasteiger partial charge in [-0.1, -0.05) is 66.3 Å². The highest BCUT2D eigenvalue weighted by Gasteiger charge is 2.53. The van der Waals surface area contributed by atoms with Gasteiger partial charge in [-0.2, -0.15) is 0 Å². The minimum atomic E-state index is 0.645. The zero-order valence-corrected chi connectivity index (χ0v) is 12.7. The first-order chi connectivity index (χ1) is 10.9. The summed E-state index contributed by atoms with van der Waals surface area (Å²) in [4.78, 5) is 0. The van der Waals surface area contributed by atoms with Gasteiger partial charge in [0.15, 0.2) is 0 Å². The number of hydrogen-bond acceptors (Lipinski definition) is 0. The van der Waals surface area contributed by atoms with E-state index in [4.69, 9.17) is 0 Å². The summed E-state index contributed by atoms with van der Waals surface area (Å²) in [7, 11) is 0. The van der Waals surface area contributed by atoms with E-state index in [1.807, 2.05) is 0 Å². The van der Waals surface area contributed by atoms with Crippen LogP contribution in [0.3, 0.4) is 0 Å². The van der Waals surface area contributed by atoms with Gasteiger partial charge >= 0.3 is 0 Å². The molecule has 1 fully saturated rings. The second-order valence-electron chi connectivity index (χ2n) is 7.67. The van der Waals surface area contributed by atoms with Gasteiger partial charge in [-0.25, -0.2) is 0 Å². The molecule has 0 nitrogen and oxygen atoms in total. The molecule has 0 aromatic heterocycles. The minimum absolute atomic E-state index is 0.645. The van der Waals surface area contributed by atoms with E-state index in [1.54, 1.807) is 16.7 Å².